The molecule has 0 N–H and O–H groups in total. The van der Waals surface area contributed by atoms with E-state index in [1.54, 1.807) is 6.92 Å². The largest absolute Gasteiger partial charge is 0.466 e. The van der Waals surface area contributed by atoms with E-state index in [2.05, 4.69) is 0 Å². The van der Waals surface area contributed by atoms with Crippen molar-refractivity contribution in [2.24, 2.45) is 11.8 Å². The predicted molar refractivity (Wildman–Crippen MR) is 48.1 cm³/mol. The van der Waals surface area contributed by atoms with E-state index in [9.17, 15) is 9.59 Å². The van der Waals surface area contributed by atoms with Crippen LogP contribution < -0.4 is 0 Å². The monoisotopic (exact) mass is 184 g/mol. The molecule has 13 heavy (non-hydrogen) atoms. The topological polar surface area (TPSA) is 43.4 Å². The molecule has 0 saturated heterocycles. The van der Waals surface area contributed by atoms with Crippen LogP contribution in [0.1, 0.15) is 33.1 Å². The zero-order chi connectivity index (χ0) is 9.84. The van der Waals surface area contributed by atoms with Gasteiger partial charge in [0.25, 0.3) is 0 Å². The van der Waals surface area contributed by atoms with E-state index in [1.165, 1.54) is 0 Å². The van der Waals surface area contributed by atoms with Crippen LogP contribution in [0.2, 0.25) is 0 Å². The van der Waals surface area contributed by atoms with Crippen molar-refractivity contribution in [1.29, 1.82) is 0 Å². The molecule has 1 fully saturated rings. The van der Waals surface area contributed by atoms with E-state index in [4.69, 9.17) is 4.74 Å². The SMILES string of the molecule is CCOC(=O)C[C@H]1C(=O)CC[C@H]1C. The van der Waals surface area contributed by atoms with Crippen LogP contribution in [0.15, 0.2) is 0 Å². The summed E-state index contributed by atoms with van der Waals surface area (Å²) >= 11 is 0. The number of rotatable bonds is 3. The van der Waals surface area contributed by atoms with Gasteiger partial charge in [0.1, 0.15) is 5.78 Å². The molecule has 0 unspecified atom stereocenters. The van der Waals surface area contributed by atoms with E-state index >= 15 is 0 Å². The van der Waals surface area contributed by atoms with Gasteiger partial charge in [0.2, 0.25) is 0 Å². The maximum Gasteiger partial charge on any atom is 0.306 e. The second-order valence-electron chi connectivity index (χ2n) is 3.60. The molecule has 1 aliphatic carbocycles. The average molecular weight is 184 g/mol. The smallest absolute Gasteiger partial charge is 0.306 e. The van der Waals surface area contributed by atoms with Gasteiger partial charge in [0.15, 0.2) is 0 Å². The van der Waals surface area contributed by atoms with Crippen LogP contribution in [-0.4, -0.2) is 18.4 Å². The molecule has 0 heterocycles. The van der Waals surface area contributed by atoms with Crippen LogP contribution in [0.25, 0.3) is 0 Å². The molecule has 1 aliphatic rings. The lowest BCUT2D eigenvalue weighted by Gasteiger charge is -2.12. The molecule has 1 rings (SSSR count). The van der Waals surface area contributed by atoms with Crippen molar-refractivity contribution < 1.29 is 14.3 Å². The van der Waals surface area contributed by atoms with E-state index in [0.29, 0.717) is 18.9 Å². The molecule has 0 radical (unpaired) electrons. The minimum atomic E-state index is -0.241. The van der Waals surface area contributed by atoms with Crippen molar-refractivity contribution in [2.45, 2.75) is 33.1 Å². The maximum absolute atomic E-state index is 11.3. The Kier molecular flexibility index (Phi) is 3.46. The summed E-state index contributed by atoms with van der Waals surface area (Å²) < 4.78 is 4.81. The van der Waals surface area contributed by atoms with Gasteiger partial charge in [-0.3, -0.25) is 9.59 Å². The summed E-state index contributed by atoms with van der Waals surface area (Å²) in [4.78, 5) is 22.4. The average Bonchev–Trinajstić information content (AvgIpc) is 2.36. The normalized spacial score (nSPS) is 27.7. The Balaban J connectivity index is 2.43. The van der Waals surface area contributed by atoms with Gasteiger partial charge < -0.3 is 4.74 Å². The number of esters is 1. The highest BCUT2D eigenvalue weighted by Crippen LogP contribution is 2.30. The van der Waals surface area contributed by atoms with Gasteiger partial charge in [-0.05, 0) is 19.3 Å². The zero-order valence-electron chi connectivity index (χ0n) is 8.21. The van der Waals surface area contributed by atoms with Crippen LogP contribution in [0.5, 0.6) is 0 Å². The van der Waals surface area contributed by atoms with Crippen molar-refractivity contribution in [2.75, 3.05) is 6.61 Å². The standard InChI is InChI=1S/C10H16O3/c1-3-13-10(12)6-8-7(2)4-5-9(8)11/h7-8H,3-6H2,1-2H3/t7-,8-/m1/s1. The van der Waals surface area contributed by atoms with Gasteiger partial charge in [0.05, 0.1) is 13.0 Å². The van der Waals surface area contributed by atoms with Crippen LogP contribution in [0, 0.1) is 11.8 Å². The molecule has 0 aliphatic heterocycles. The third-order valence-corrected chi connectivity index (χ3v) is 2.64. The summed E-state index contributed by atoms with van der Waals surface area (Å²) in [6, 6.07) is 0. The predicted octanol–water partition coefficient (Wildman–Crippen LogP) is 1.55. The summed E-state index contributed by atoms with van der Waals surface area (Å²) in [7, 11) is 0. The molecule has 0 amide bonds. The molecule has 0 aromatic heterocycles. The maximum atomic E-state index is 11.3. The molecular formula is C10H16O3. The molecule has 74 valence electrons. The highest BCUT2D eigenvalue weighted by atomic mass is 16.5. The van der Waals surface area contributed by atoms with Crippen LogP contribution in [0.3, 0.4) is 0 Å². The molecule has 1 saturated carbocycles. The van der Waals surface area contributed by atoms with Crippen LogP contribution >= 0.6 is 0 Å². The zero-order valence-corrected chi connectivity index (χ0v) is 8.21. The second-order valence-corrected chi connectivity index (χ2v) is 3.60. The number of carbonyl (C=O) groups is 2. The van der Waals surface area contributed by atoms with E-state index in [-0.39, 0.29) is 24.1 Å². The molecule has 2 atom stereocenters. The van der Waals surface area contributed by atoms with Gasteiger partial charge in [0, 0.05) is 12.3 Å². The first-order valence-corrected chi connectivity index (χ1v) is 4.83. The third-order valence-electron chi connectivity index (χ3n) is 2.64. The van der Waals surface area contributed by atoms with Gasteiger partial charge in [-0.15, -0.1) is 0 Å². The summed E-state index contributed by atoms with van der Waals surface area (Å²) in [5.41, 5.74) is 0. The number of carbonyl (C=O) groups excluding carboxylic acids is 2. The molecule has 0 aromatic rings. The van der Waals surface area contributed by atoms with Crippen molar-refractivity contribution in [3.8, 4) is 0 Å². The fourth-order valence-corrected chi connectivity index (χ4v) is 1.79. The molecule has 0 bridgehead atoms. The molecule has 3 heteroatoms. The number of ketones is 1. The number of hydrogen-bond acceptors (Lipinski definition) is 3. The Bertz CT molecular complexity index is 210. The molecular weight excluding hydrogens is 168 g/mol. The van der Waals surface area contributed by atoms with Gasteiger partial charge in [-0.2, -0.15) is 0 Å². The summed E-state index contributed by atoms with van der Waals surface area (Å²) in [6.45, 7) is 4.20. The van der Waals surface area contributed by atoms with Crippen molar-refractivity contribution in [3.05, 3.63) is 0 Å². The Hall–Kier alpha value is -0.860. The Morgan fingerprint density at radius 3 is 2.77 bits per heavy atom. The highest BCUT2D eigenvalue weighted by molar-refractivity contribution is 5.87. The minimum absolute atomic E-state index is 0.0842. The first kappa shape index (κ1) is 10.2. The van der Waals surface area contributed by atoms with Gasteiger partial charge in [-0.25, -0.2) is 0 Å². The highest BCUT2D eigenvalue weighted by Gasteiger charge is 2.33. The fourth-order valence-electron chi connectivity index (χ4n) is 1.79. The number of Topliss-reactive ketones (excluding diaryl/α,β-unsaturated/α-hetero) is 1. The first-order chi connectivity index (χ1) is 6.15. The fraction of sp³-hybridized carbons (Fsp3) is 0.800. The van der Waals surface area contributed by atoms with Crippen molar-refractivity contribution in [1.82, 2.24) is 0 Å². The quantitative estimate of drug-likeness (QED) is 0.625. The lowest BCUT2D eigenvalue weighted by Crippen LogP contribution is -2.18. The van der Waals surface area contributed by atoms with Gasteiger partial charge in [-0.1, -0.05) is 6.92 Å². The summed E-state index contributed by atoms with van der Waals surface area (Å²) in [5, 5.41) is 0. The summed E-state index contributed by atoms with van der Waals surface area (Å²) in [6.07, 6.45) is 1.82. The summed E-state index contributed by atoms with van der Waals surface area (Å²) in [5.74, 6) is 0.242. The Morgan fingerprint density at radius 2 is 2.31 bits per heavy atom. The van der Waals surface area contributed by atoms with Crippen molar-refractivity contribution >= 4 is 11.8 Å². The van der Waals surface area contributed by atoms with Gasteiger partial charge >= 0.3 is 5.97 Å². The van der Waals surface area contributed by atoms with Crippen molar-refractivity contribution in [3.63, 3.8) is 0 Å². The molecule has 3 nitrogen and oxygen atoms in total. The third kappa shape index (κ3) is 2.54. The van der Waals surface area contributed by atoms with E-state index in [1.807, 2.05) is 6.92 Å². The molecule has 0 spiro atoms. The van der Waals surface area contributed by atoms with E-state index in [0.717, 1.165) is 6.42 Å². The second kappa shape index (κ2) is 4.40. The Labute approximate surface area is 78.5 Å². The number of ether oxygens (including phenoxy) is 1. The first-order valence-electron chi connectivity index (χ1n) is 4.83. The minimum Gasteiger partial charge on any atom is -0.466 e. The molecule has 0 aromatic carbocycles. The van der Waals surface area contributed by atoms with Crippen LogP contribution in [0.4, 0.5) is 0 Å². The van der Waals surface area contributed by atoms with E-state index < -0.39 is 0 Å². The lowest BCUT2D eigenvalue weighted by atomic mass is 9.94. The number of hydrogen-bond donors (Lipinski definition) is 0. The van der Waals surface area contributed by atoms with Crippen LogP contribution in [-0.2, 0) is 14.3 Å². The Morgan fingerprint density at radius 1 is 1.62 bits per heavy atom. The lowest BCUT2D eigenvalue weighted by molar-refractivity contribution is -0.146.